The quantitative estimate of drug-likeness (QED) is 0.747. The highest BCUT2D eigenvalue weighted by Gasteiger charge is 2.29. The average Bonchev–Trinajstić information content (AvgIpc) is 2.18. The Morgan fingerprint density at radius 1 is 1.53 bits per heavy atom. The third-order valence-electron chi connectivity index (χ3n) is 2.15. The van der Waals surface area contributed by atoms with Gasteiger partial charge in [-0.25, -0.2) is 8.42 Å². The molecule has 0 aromatic heterocycles. The highest BCUT2D eigenvalue weighted by Crippen LogP contribution is 2.30. The zero-order valence-corrected chi connectivity index (χ0v) is 9.14. The van der Waals surface area contributed by atoms with Crippen LogP contribution in [0.3, 0.4) is 0 Å². The summed E-state index contributed by atoms with van der Waals surface area (Å²) >= 11 is 5.72. The minimum absolute atomic E-state index is 0.168. The predicted molar refractivity (Wildman–Crippen MR) is 56.5 cm³/mol. The van der Waals surface area contributed by atoms with Gasteiger partial charge in [0.1, 0.15) is 6.04 Å². The standard InChI is InChI=1S/C9H7ClN2O2S/c10-6-1-2-8-9(3-6)15(13,14)5-7(4-11)12-8/h1-3,7,12H,5H2. The summed E-state index contributed by atoms with van der Waals surface area (Å²) in [6.07, 6.45) is 0. The lowest BCUT2D eigenvalue weighted by molar-refractivity contribution is 0.591. The molecule has 78 valence electrons. The van der Waals surface area contributed by atoms with Crippen LogP contribution in [0.25, 0.3) is 0 Å². The van der Waals surface area contributed by atoms with Gasteiger partial charge >= 0.3 is 0 Å². The number of hydrogen-bond donors (Lipinski definition) is 1. The third-order valence-corrected chi connectivity index (χ3v) is 4.17. The molecule has 0 saturated carbocycles. The van der Waals surface area contributed by atoms with E-state index in [1.165, 1.54) is 6.07 Å². The van der Waals surface area contributed by atoms with Crippen molar-refractivity contribution < 1.29 is 8.42 Å². The Morgan fingerprint density at radius 2 is 2.27 bits per heavy atom. The first-order valence-corrected chi connectivity index (χ1v) is 6.24. The lowest BCUT2D eigenvalue weighted by Crippen LogP contribution is -2.32. The van der Waals surface area contributed by atoms with Gasteiger partial charge in [-0.05, 0) is 18.2 Å². The Kier molecular flexibility index (Phi) is 2.33. The van der Waals surface area contributed by atoms with Crippen molar-refractivity contribution in [2.75, 3.05) is 11.1 Å². The molecule has 1 atom stereocenters. The lowest BCUT2D eigenvalue weighted by atomic mass is 10.2. The maximum Gasteiger partial charge on any atom is 0.183 e. The molecular formula is C9H7ClN2O2S. The fraction of sp³-hybridized carbons (Fsp3) is 0.222. The number of nitriles is 1. The summed E-state index contributed by atoms with van der Waals surface area (Å²) in [7, 11) is -3.40. The number of rotatable bonds is 0. The highest BCUT2D eigenvalue weighted by molar-refractivity contribution is 7.91. The van der Waals surface area contributed by atoms with Crippen LogP contribution in [-0.2, 0) is 9.84 Å². The van der Waals surface area contributed by atoms with E-state index in [1.807, 2.05) is 6.07 Å². The van der Waals surface area contributed by atoms with Crippen LogP contribution in [0.5, 0.6) is 0 Å². The first-order valence-electron chi connectivity index (χ1n) is 4.21. The summed E-state index contributed by atoms with van der Waals surface area (Å²) < 4.78 is 23.5. The second-order valence-electron chi connectivity index (χ2n) is 3.25. The van der Waals surface area contributed by atoms with Crippen LogP contribution in [0.4, 0.5) is 5.69 Å². The number of fused-ring (bicyclic) bond motifs is 1. The van der Waals surface area contributed by atoms with Crippen LogP contribution in [0.15, 0.2) is 23.1 Å². The van der Waals surface area contributed by atoms with Crippen LogP contribution in [0, 0.1) is 11.3 Å². The minimum Gasteiger partial charge on any atom is -0.368 e. The van der Waals surface area contributed by atoms with Crippen LogP contribution >= 0.6 is 11.6 Å². The van der Waals surface area contributed by atoms with Crippen LogP contribution in [-0.4, -0.2) is 20.2 Å². The van der Waals surface area contributed by atoms with Crippen molar-refractivity contribution in [1.29, 1.82) is 5.26 Å². The molecule has 1 aromatic rings. The molecule has 15 heavy (non-hydrogen) atoms. The van der Waals surface area contributed by atoms with Crippen LogP contribution in [0.2, 0.25) is 5.02 Å². The molecule has 0 amide bonds. The number of hydrogen-bond acceptors (Lipinski definition) is 4. The fourth-order valence-corrected chi connectivity index (χ4v) is 3.26. The van der Waals surface area contributed by atoms with Gasteiger partial charge in [0.25, 0.3) is 0 Å². The molecule has 4 nitrogen and oxygen atoms in total. The maximum absolute atomic E-state index is 11.7. The molecule has 0 fully saturated rings. The molecule has 6 heteroatoms. The first kappa shape index (κ1) is 10.3. The van der Waals surface area contributed by atoms with Gasteiger partial charge in [-0.15, -0.1) is 0 Å². The highest BCUT2D eigenvalue weighted by atomic mass is 35.5. The number of halogens is 1. The van der Waals surface area contributed by atoms with Gasteiger partial charge in [-0.2, -0.15) is 5.26 Å². The summed E-state index contributed by atoms with van der Waals surface area (Å²) in [4.78, 5) is 0.168. The molecule has 0 spiro atoms. The van der Waals surface area contributed by atoms with E-state index in [-0.39, 0.29) is 10.6 Å². The molecule has 2 rings (SSSR count). The Morgan fingerprint density at radius 3 is 2.93 bits per heavy atom. The van der Waals surface area contributed by atoms with Gasteiger partial charge in [0.2, 0.25) is 0 Å². The van der Waals surface area contributed by atoms with Gasteiger partial charge in [-0.1, -0.05) is 11.6 Å². The Bertz CT molecular complexity index is 548. The topological polar surface area (TPSA) is 70.0 Å². The maximum atomic E-state index is 11.7. The largest absolute Gasteiger partial charge is 0.368 e. The number of nitrogens with one attached hydrogen (secondary N) is 1. The fourth-order valence-electron chi connectivity index (χ4n) is 1.48. The molecule has 0 saturated heterocycles. The number of nitrogens with zero attached hydrogens (tertiary/aromatic N) is 1. The van der Waals surface area contributed by atoms with Crippen LogP contribution in [0.1, 0.15) is 0 Å². The zero-order valence-electron chi connectivity index (χ0n) is 7.57. The first-order chi connectivity index (χ1) is 7.03. The molecule has 1 aliphatic rings. The summed E-state index contributed by atoms with van der Waals surface area (Å²) in [5.74, 6) is -0.211. The van der Waals surface area contributed by atoms with Crippen molar-refractivity contribution >= 4 is 27.1 Å². The summed E-state index contributed by atoms with van der Waals surface area (Å²) in [6, 6.07) is 5.75. The second kappa shape index (κ2) is 3.40. The number of anilines is 1. The van der Waals surface area contributed by atoms with E-state index in [1.54, 1.807) is 12.1 Å². The second-order valence-corrected chi connectivity index (χ2v) is 5.69. The Balaban J connectivity index is 2.62. The minimum atomic E-state index is -3.40. The summed E-state index contributed by atoms with van der Waals surface area (Å²) in [5.41, 5.74) is 0.442. The molecule has 0 aliphatic carbocycles. The van der Waals surface area contributed by atoms with Crippen molar-refractivity contribution in [1.82, 2.24) is 0 Å². The van der Waals surface area contributed by atoms with Gasteiger partial charge < -0.3 is 5.32 Å². The van der Waals surface area contributed by atoms with Crippen molar-refractivity contribution in [3.05, 3.63) is 23.2 Å². The number of sulfone groups is 1. The SMILES string of the molecule is N#CC1CS(=O)(=O)c2cc(Cl)ccc2N1. The van der Waals surface area contributed by atoms with E-state index in [0.717, 1.165) is 0 Å². The van der Waals surface area contributed by atoms with E-state index in [4.69, 9.17) is 16.9 Å². The van der Waals surface area contributed by atoms with Gasteiger partial charge in [0, 0.05) is 5.02 Å². The predicted octanol–water partition coefficient (Wildman–Crippen LogP) is 1.43. The summed E-state index contributed by atoms with van der Waals surface area (Å²) in [5, 5.41) is 11.9. The number of benzene rings is 1. The molecule has 1 aliphatic heterocycles. The van der Waals surface area contributed by atoms with Gasteiger partial charge in [-0.3, -0.25) is 0 Å². The summed E-state index contributed by atoms with van der Waals surface area (Å²) in [6.45, 7) is 0. The third kappa shape index (κ3) is 1.78. The molecular weight excluding hydrogens is 236 g/mol. The molecule has 1 unspecified atom stereocenters. The van der Waals surface area contributed by atoms with Crippen LogP contribution < -0.4 is 5.32 Å². The van der Waals surface area contributed by atoms with Crippen molar-refractivity contribution in [3.8, 4) is 6.07 Å². The Hall–Kier alpha value is -1.25. The van der Waals surface area contributed by atoms with Crippen molar-refractivity contribution in [2.45, 2.75) is 10.9 Å². The van der Waals surface area contributed by atoms with E-state index in [2.05, 4.69) is 5.32 Å². The van der Waals surface area contributed by atoms with Gasteiger partial charge in [0.15, 0.2) is 9.84 Å². The van der Waals surface area contributed by atoms with Crippen molar-refractivity contribution in [3.63, 3.8) is 0 Å². The molecule has 1 aromatic carbocycles. The van der Waals surface area contributed by atoms with Crippen molar-refractivity contribution in [2.24, 2.45) is 0 Å². The van der Waals surface area contributed by atoms with E-state index >= 15 is 0 Å². The smallest absolute Gasteiger partial charge is 0.183 e. The van der Waals surface area contributed by atoms with Gasteiger partial charge in [0.05, 0.1) is 22.4 Å². The van der Waals surface area contributed by atoms with E-state index < -0.39 is 15.9 Å². The monoisotopic (exact) mass is 242 g/mol. The average molecular weight is 243 g/mol. The lowest BCUT2D eigenvalue weighted by Gasteiger charge is -2.22. The van der Waals surface area contributed by atoms with E-state index in [0.29, 0.717) is 10.7 Å². The van der Waals surface area contributed by atoms with E-state index in [9.17, 15) is 8.42 Å². The molecule has 1 N–H and O–H groups in total. The molecule has 0 radical (unpaired) electrons. The Labute approximate surface area is 92.4 Å². The molecule has 1 heterocycles. The zero-order chi connectivity index (χ0) is 11.1. The normalized spacial score (nSPS) is 22.3. The molecule has 0 bridgehead atoms.